The van der Waals surface area contributed by atoms with Crippen molar-refractivity contribution in [3.63, 3.8) is 0 Å². The summed E-state index contributed by atoms with van der Waals surface area (Å²) in [5.74, 6) is 0.0529. The first-order valence-corrected chi connectivity index (χ1v) is 5.99. The van der Waals surface area contributed by atoms with Crippen molar-refractivity contribution in [2.24, 2.45) is 0 Å². The van der Waals surface area contributed by atoms with Crippen LogP contribution in [0.25, 0.3) is 0 Å². The monoisotopic (exact) mass is 240 g/mol. The lowest BCUT2D eigenvalue weighted by Gasteiger charge is -2.20. The summed E-state index contributed by atoms with van der Waals surface area (Å²) >= 11 is 0. The number of hydrogen-bond acceptors (Lipinski definition) is 2. The Labute approximate surface area is 107 Å². The maximum absolute atomic E-state index is 11.7. The number of hydrogen-bond donors (Lipinski definition) is 0. The number of pyridine rings is 1. The van der Waals surface area contributed by atoms with E-state index < -0.39 is 0 Å². The first-order valence-electron chi connectivity index (χ1n) is 5.99. The van der Waals surface area contributed by atoms with Gasteiger partial charge in [-0.3, -0.25) is 9.78 Å². The van der Waals surface area contributed by atoms with Gasteiger partial charge in [0.25, 0.3) is 0 Å². The van der Waals surface area contributed by atoms with E-state index in [0.717, 1.165) is 12.1 Å². The topological polar surface area (TPSA) is 33.2 Å². The van der Waals surface area contributed by atoms with Crippen LogP contribution in [-0.4, -0.2) is 17.4 Å². The molecule has 18 heavy (non-hydrogen) atoms. The van der Waals surface area contributed by atoms with Gasteiger partial charge in [0.1, 0.15) is 0 Å². The van der Waals surface area contributed by atoms with Gasteiger partial charge in [0.05, 0.1) is 0 Å². The van der Waals surface area contributed by atoms with Crippen LogP contribution in [-0.2, 0) is 11.2 Å². The molecule has 0 aliphatic rings. The average molecular weight is 240 g/mol. The zero-order valence-electron chi connectivity index (χ0n) is 10.4. The van der Waals surface area contributed by atoms with E-state index >= 15 is 0 Å². The molecule has 1 amide bonds. The highest BCUT2D eigenvalue weighted by atomic mass is 16.2. The number of carbonyl (C=O) groups excluding carboxylic acids is 1. The Morgan fingerprint density at radius 2 is 1.78 bits per heavy atom. The third-order valence-electron chi connectivity index (χ3n) is 2.82. The van der Waals surface area contributed by atoms with Gasteiger partial charge >= 0.3 is 0 Å². The van der Waals surface area contributed by atoms with E-state index in [0.29, 0.717) is 6.54 Å². The molecule has 1 heterocycles. The molecule has 0 bridgehead atoms. The molecule has 0 saturated carbocycles. The molecule has 0 atom stereocenters. The van der Waals surface area contributed by atoms with Crippen LogP contribution in [0, 0.1) is 0 Å². The van der Waals surface area contributed by atoms with Crippen LogP contribution in [0.4, 0.5) is 5.69 Å². The zero-order chi connectivity index (χ0) is 12.8. The van der Waals surface area contributed by atoms with Crippen molar-refractivity contribution >= 4 is 11.6 Å². The molecular weight excluding hydrogens is 224 g/mol. The third kappa shape index (κ3) is 3.17. The molecule has 1 aromatic heterocycles. The fraction of sp³-hybridized carbons (Fsp3) is 0.200. The molecule has 0 N–H and O–H groups in total. The van der Waals surface area contributed by atoms with Gasteiger partial charge in [-0.25, -0.2) is 0 Å². The summed E-state index contributed by atoms with van der Waals surface area (Å²) in [6, 6.07) is 13.9. The molecule has 2 aromatic rings. The highest BCUT2D eigenvalue weighted by Gasteiger charge is 2.10. The highest BCUT2D eigenvalue weighted by Crippen LogP contribution is 2.13. The molecule has 0 fully saturated rings. The summed E-state index contributed by atoms with van der Waals surface area (Å²) in [4.78, 5) is 17.4. The number of carbonyl (C=O) groups is 1. The lowest BCUT2D eigenvalue weighted by Crippen LogP contribution is -2.30. The predicted molar refractivity (Wildman–Crippen MR) is 72.4 cm³/mol. The van der Waals surface area contributed by atoms with Crippen molar-refractivity contribution in [3.05, 3.63) is 60.4 Å². The number of benzene rings is 1. The SMILES string of the molecule is CC(=O)N(CCc1ccccc1)c1ccncc1. The smallest absolute Gasteiger partial charge is 0.223 e. The molecule has 92 valence electrons. The van der Waals surface area contributed by atoms with E-state index in [1.807, 2.05) is 30.3 Å². The molecule has 0 aliphatic heterocycles. The Kier molecular flexibility index (Phi) is 4.07. The number of nitrogens with zero attached hydrogens (tertiary/aromatic N) is 2. The Bertz CT molecular complexity index is 496. The highest BCUT2D eigenvalue weighted by molar-refractivity contribution is 5.91. The van der Waals surface area contributed by atoms with Crippen molar-refractivity contribution in [1.82, 2.24) is 4.98 Å². The second-order valence-corrected chi connectivity index (χ2v) is 4.11. The van der Waals surface area contributed by atoms with Crippen LogP contribution in [0.5, 0.6) is 0 Å². The number of anilines is 1. The molecule has 0 saturated heterocycles. The summed E-state index contributed by atoms with van der Waals surface area (Å²) in [6.07, 6.45) is 4.25. The van der Waals surface area contributed by atoms with E-state index in [4.69, 9.17) is 0 Å². The second-order valence-electron chi connectivity index (χ2n) is 4.11. The first kappa shape index (κ1) is 12.3. The Hall–Kier alpha value is -2.16. The normalized spacial score (nSPS) is 10.1. The van der Waals surface area contributed by atoms with E-state index in [1.54, 1.807) is 24.2 Å². The summed E-state index contributed by atoms with van der Waals surface area (Å²) in [6.45, 7) is 2.27. The molecule has 0 unspecified atom stereocenters. The summed E-state index contributed by atoms with van der Waals surface area (Å²) in [5.41, 5.74) is 2.13. The zero-order valence-corrected chi connectivity index (χ0v) is 10.4. The fourth-order valence-corrected chi connectivity index (χ4v) is 1.88. The molecule has 3 nitrogen and oxygen atoms in total. The van der Waals surface area contributed by atoms with Crippen molar-refractivity contribution in [2.75, 3.05) is 11.4 Å². The van der Waals surface area contributed by atoms with Crippen LogP contribution < -0.4 is 4.90 Å². The largest absolute Gasteiger partial charge is 0.312 e. The molecule has 2 rings (SSSR count). The van der Waals surface area contributed by atoms with Gasteiger partial charge in [-0.05, 0) is 24.1 Å². The molecule has 0 spiro atoms. The minimum atomic E-state index is 0.0529. The molecule has 1 aromatic carbocycles. The van der Waals surface area contributed by atoms with Gasteiger partial charge in [-0.1, -0.05) is 30.3 Å². The van der Waals surface area contributed by atoms with Crippen LogP contribution >= 0.6 is 0 Å². The lowest BCUT2D eigenvalue weighted by molar-refractivity contribution is -0.116. The van der Waals surface area contributed by atoms with E-state index in [2.05, 4.69) is 17.1 Å². The standard InChI is InChI=1S/C15H16N2O/c1-13(18)17(15-7-10-16-11-8-15)12-9-14-5-3-2-4-6-14/h2-8,10-11H,9,12H2,1H3. The van der Waals surface area contributed by atoms with Crippen LogP contribution in [0.2, 0.25) is 0 Å². The maximum Gasteiger partial charge on any atom is 0.223 e. The van der Waals surface area contributed by atoms with Gasteiger partial charge in [0.15, 0.2) is 0 Å². The van der Waals surface area contributed by atoms with Gasteiger partial charge in [-0.2, -0.15) is 0 Å². The van der Waals surface area contributed by atoms with Gasteiger partial charge in [0, 0.05) is 31.5 Å². The Balaban J connectivity index is 2.06. The summed E-state index contributed by atoms with van der Waals surface area (Å²) < 4.78 is 0. The van der Waals surface area contributed by atoms with E-state index in [-0.39, 0.29) is 5.91 Å². The van der Waals surface area contributed by atoms with Gasteiger partial charge < -0.3 is 4.90 Å². The molecular formula is C15H16N2O. The fourth-order valence-electron chi connectivity index (χ4n) is 1.88. The molecule has 0 aliphatic carbocycles. The molecule has 0 radical (unpaired) electrons. The Morgan fingerprint density at radius 3 is 2.39 bits per heavy atom. The average Bonchev–Trinajstić information content (AvgIpc) is 2.41. The van der Waals surface area contributed by atoms with E-state index in [1.165, 1.54) is 5.56 Å². The second kappa shape index (κ2) is 5.96. The summed E-state index contributed by atoms with van der Waals surface area (Å²) in [5, 5.41) is 0. The molecule has 3 heteroatoms. The third-order valence-corrected chi connectivity index (χ3v) is 2.82. The minimum absolute atomic E-state index is 0.0529. The maximum atomic E-state index is 11.7. The predicted octanol–water partition coefficient (Wildman–Crippen LogP) is 2.68. The Morgan fingerprint density at radius 1 is 1.11 bits per heavy atom. The van der Waals surface area contributed by atoms with Crippen molar-refractivity contribution in [1.29, 1.82) is 0 Å². The lowest BCUT2D eigenvalue weighted by atomic mass is 10.1. The van der Waals surface area contributed by atoms with Crippen LogP contribution in [0.1, 0.15) is 12.5 Å². The van der Waals surface area contributed by atoms with E-state index in [9.17, 15) is 4.79 Å². The minimum Gasteiger partial charge on any atom is -0.312 e. The van der Waals surface area contributed by atoms with Crippen molar-refractivity contribution < 1.29 is 4.79 Å². The van der Waals surface area contributed by atoms with Gasteiger partial charge in [0.2, 0.25) is 5.91 Å². The summed E-state index contributed by atoms with van der Waals surface area (Å²) in [7, 11) is 0. The number of amides is 1. The van der Waals surface area contributed by atoms with Gasteiger partial charge in [-0.15, -0.1) is 0 Å². The van der Waals surface area contributed by atoms with Crippen molar-refractivity contribution in [3.8, 4) is 0 Å². The first-order chi connectivity index (χ1) is 8.77. The van der Waals surface area contributed by atoms with Crippen molar-refractivity contribution in [2.45, 2.75) is 13.3 Å². The van der Waals surface area contributed by atoms with Crippen LogP contribution in [0.3, 0.4) is 0 Å². The number of aromatic nitrogens is 1. The van der Waals surface area contributed by atoms with Crippen LogP contribution in [0.15, 0.2) is 54.9 Å². The quantitative estimate of drug-likeness (QED) is 0.823. The number of rotatable bonds is 4.